The Morgan fingerprint density at radius 2 is 1.97 bits per heavy atom. The van der Waals surface area contributed by atoms with E-state index in [0.717, 1.165) is 10.9 Å². The van der Waals surface area contributed by atoms with E-state index in [9.17, 15) is 9.59 Å². The topological polar surface area (TPSA) is 102 Å². The lowest BCUT2D eigenvalue weighted by Crippen LogP contribution is -2.23. The Morgan fingerprint density at radius 1 is 1.17 bits per heavy atom. The minimum absolute atomic E-state index is 0.0899. The highest BCUT2D eigenvalue weighted by Crippen LogP contribution is 2.27. The minimum atomic E-state index is -0.245. The summed E-state index contributed by atoms with van der Waals surface area (Å²) in [5.41, 5.74) is 2.13. The summed E-state index contributed by atoms with van der Waals surface area (Å²) in [7, 11) is 1.60. The van der Waals surface area contributed by atoms with Gasteiger partial charge < -0.3 is 15.2 Å². The number of fused-ring (bicyclic) bond motifs is 1. The maximum Gasteiger partial charge on any atom is 0.267 e. The predicted molar refractivity (Wildman–Crippen MR) is 112 cm³/mol. The fraction of sp³-hybridized carbons (Fsp3) is 0.150. The van der Waals surface area contributed by atoms with Gasteiger partial charge in [-0.3, -0.25) is 9.59 Å². The van der Waals surface area contributed by atoms with E-state index >= 15 is 0 Å². The van der Waals surface area contributed by atoms with Crippen LogP contribution in [-0.4, -0.2) is 38.4 Å². The second-order valence-electron chi connectivity index (χ2n) is 6.35. The van der Waals surface area contributed by atoms with E-state index in [4.69, 9.17) is 0 Å². The molecule has 4 rings (SSSR count). The molecule has 3 aromatic heterocycles. The van der Waals surface area contributed by atoms with Gasteiger partial charge in [-0.1, -0.05) is 6.07 Å². The predicted octanol–water partition coefficient (Wildman–Crippen LogP) is 2.86. The van der Waals surface area contributed by atoms with Gasteiger partial charge in [-0.15, -0.1) is 11.3 Å². The molecule has 0 saturated heterocycles. The number of carbonyl (C=O) groups excluding carboxylic acids is 2. The maximum atomic E-state index is 12.8. The van der Waals surface area contributed by atoms with Crippen LogP contribution in [0.1, 0.15) is 15.4 Å². The normalized spacial score (nSPS) is 10.8. The Hall–Kier alpha value is -3.59. The number of nitrogens with one attached hydrogen (secondary N) is 2. The quantitative estimate of drug-likeness (QED) is 0.531. The number of amides is 2. The van der Waals surface area contributed by atoms with E-state index in [1.54, 1.807) is 32.4 Å². The lowest BCUT2D eigenvalue weighted by atomic mass is 10.2. The van der Waals surface area contributed by atoms with Crippen LogP contribution in [0.15, 0.2) is 48.9 Å². The van der Waals surface area contributed by atoms with Crippen LogP contribution in [0.2, 0.25) is 0 Å². The van der Waals surface area contributed by atoms with Crippen molar-refractivity contribution in [1.82, 2.24) is 24.8 Å². The zero-order valence-electron chi connectivity index (χ0n) is 15.8. The van der Waals surface area contributed by atoms with Gasteiger partial charge in [0.1, 0.15) is 11.4 Å². The summed E-state index contributed by atoms with van der Waals surface area (Å²) in [6.07, 6.45) is 5.13. The number of nitrogens with zero attached hydrogens (tertiary/aromatic N) is 4. The first-order valence-electron chi connectivity index (χ1n) is 8.91. The first-order chi connectivity index (χ1) is 14.0. The number of aromatic nitrogens is 4. The Balaban J connectivity index is 1.58. The van der Waals surface area contributed by atoms with Gasteiger partial charge in [0.2, 0.25) is 5.91 Å². The van der Waals surface area contributed by atoms with Crippen molar-refractivity contribution in [3.05, 3.63) is 59.5 Å². The summed E-state index contributed by atoms with van der Waals surface area (Å²) in [5.74, 6) is 0.159. The molecule has 9 heteroatoms. The molecule has 146 valence electrons. The molecule has 0 aliphatic rings. The fourth-order valence-electron chi connectivity index (χ4n) is 2.93. The van der Waals surface area contributed by atoms with Crippen molar-refractivity contribution in [2.24, 2.45) is 0 Å². The van der Waals surface area contributed by atoms with Crippen molar-refractivity contribution in [2.75, 3.05) is 12.4 Å². The van der Waals surface area contributed by atoms with Crippen LogP contribution in [0, 0.1) is 6.92 Å². The number of carbonyl (C=O) groups is 2. The van der Waals surface area contributed by atoms with Gasteiger partial charge in [0.15, 0.2) is 10.8 Å². The summed E-state index contributed by atoms with van der Waals surface area (Å²) >= 11 is 1.25. The number of rotatable bonds is 5. The smallest absolute Gasteiger partial charge is 0.267 e. The van der Waals surface area contributed by atoms with E-state index in [1.165, 1.54) is 11.3 Å². The molecule has 2 amide bonds. The van der Waals surface area contributed by atoms with Crippen molar-refractivity contribution in [3.8, 4) is 10.8 Å². The molecule has 2 N–H and O–H groups in total. The van der Waals surface area contributed by atoms with Crippen molar-refractivity contribution >= 4 is 39.7 Å². The zero-order chi connectivity index (χ0) is 20.4. The molecule has 0 fully saturated rings. The molecule has 0 atom stereocenters. The molecule has 0 aliphatic heterocycles. The van der Waals surface area contributed by atoms with Gasteiger partial charge in [0, 0.05) is 31.3 Å². The molecule has 0 radical (unpaired) electrons. The summed E-state index contributed by atoms with van der Waals surface area (Å²) in [4.78, 5) is 37.8. The highest BCUT2D eigenvalue weighted by atomic mass is 32.1. The van der Waals surface area contributed by atoms with Crippen LogP contribution in [0.5, 0.6) is 0 Å². The molecule has 29 heavy (non-hydrogen) atoms. The number of likely N-dealkylation sites (N-methyl/N-ethyl adjacent to an activating group) is 1. The SMILES string of the molecule is CNC(=O)Cn1ccc2ccc(NC(=O)c3sc(-c4ncccn4)nc3C)cc21. The minimum Gasteiger partial charge on any atom is -0.358 e. The number of hydrogen-bond acceptors (Lipinski definition) is 6. The summed E-state index contributed by atoms with van der Waals surface area (Å²) in [5, 5.41) is 7.12. The van der Waals surface area contributed by atoms with Gasteiger partial charge in [-0.2, -0.15) is 0 Å². The molecule has 0 aliphatic carbocycles. The van der Waals surface area contributed by atoms with Gasteiger partial charge in [0.25, 0.3) is 5.91 Å². The van der Waals surface area contributed by atoms with Crippen molar-refractivity contribution < 1.29 is 9.59 Å². The van der Waals surface area contributed by atoms with Crippen LogP contribution in [0.3, 0.4) is 0 Å². The summed E-state index contributed by atoms with van der Waals surface area (Å²) in [6, 6.07) is 9.26. The molecule has 0 unspecified atom stereocenters. The first kappa shape index (κ1) is 18.8. The zero-order valence-corrected chi connectivity index (χ0v) is 16.7. The fourth-order valence-corrected chi connectivity index (χ4v) is 3.84. The largest absolute Gasteiger partial charge is 0.358 e. The molecule has 8 nitrogen and oxygen atoms in total. The standard InChI is InChI=1S/C20H18N6O2S/c1-12-17(29-20(24-12)18-22-7-3-8-23-18)19(28)25-14-5-4-13-6-9-26(15(13)10-14)11-16(27)21-2/h3-10H,11H2,1-2H3,(H,21,27)(H,25,28). The number of thiazole rings is 1. The number of aryl methyl sites for hydroxylation is 1. The number of hydrogen-bond donors (Lipinski definition) is 2. The Kier molecular flexibility index (Phi) is 5.05. The highest BCUT2D eigenvalue weighted by molar-refractivity contribution is 7.17. The van der Waals surface area contributed by atoms with E-state index in [1.807, 2.05) is 35.0 Å². The first-order valence-corrected chi connectivity index (χ1v) is 9.72. The third kappa shape index (κ3) is 3.85. The molecule has 0 saturated carbocycles. The summed E-state index contributed by atoms with van der Waals surface area (Å²) < 4.78 is 1.84. The monoisotopic (exact) mass is 406 g/mol. The number of benzene rings is 1. The molecular formula is C20H18N6O2S. The van der Waals surface area contributed by atoms with Crippen LogP contribution in [0.4, 0.5) is 5.69 Å². The second-order valence-corrected chi connectivity index (χ2v) is 7.35. The Labute approximate surface area is 170 Å². The molecule has 3 heterocycles. The van der Waals surface area contributed by atoms with E-state index in [-0.39, 0.29) is 18.4 Å². The van der Waals surface area contributed by atoms with Crippen LogP contribution in [-0.2, 0) is 11.3 Å². The average Bonchev–Trinajstić information content (AvgIpc) is 3.32. The summed E-state index contributed by atoms with van der Waals surface area (Å²) in [6.45, 7) is 2.00. The highest BCUT2D eigenvalue weighted by Gasteiger charge is 2.18. The van der Waals surface area contributed by atoms with Crippen molar-refractivity contribution in [2.45, 2.75) is 13.5 Å². The van der Waals surface area contributed by atoms with Gasteiger partial charge in [-0.05, 0) is 36.6 Å². The van der Waals surface area contributed by atoms with E-state index in [2.05, 4.69) is 25.6 Å². The maximum absolute atomic E-state index is 12.8. The van der Waals surface area contributed by atoms with Gasteiger partial charge in [-0.25, -0.2) is 15.0 Å². The lowest BCUT2D eigenvalue weighted by Gasteiger charge is -2.07. The molecule has 4 aromatic rings. The lowest BCUT2D eigenvalue weighted by molar-refractivity contribution is -0.121. The molecule has 0 spiro atoms. The van der Waals surface area contributed by atoms with E-state index in [0.29, 0.717) is 27.1 Å². The molecular weight excluding hydrogens is 388 g/mol. The number of anilines is 1. The second kappa shape index (κ2) is 7.80. The molecule has 0 bridgehead atoms. The average molecular weight is 406 g/mol. The van der Waals surface area contributed by atoms with Gasteiger partial charge in [0.05, 0.1) is 11.2 Å². The van der Waals surface area contributed by atoms with Gasteiger partial charge >= 0.3 is 0 Å². The third-order valence-electron chi connectivity index (χ3n) is 4.38. The molecule has 1 aromatic carbocycles. The Bertz CT molecular complexity index is 1200. The van der Waals surface area contributed by atoms with Crippen molar-refractivity contribution in [1.29, 1.82) is 0 Å². The Morgan fingerprint density at radius 3 is 2.72 bits per heavy atom. The van der Waals surface area contributed by atoms with Crippen molar-refractivity contribution in [3.63, 3.8) is 0 Å². The van der Waals surface area contributed by atoms with Crippen LogP contribution in [0.25, 0.3) is 21.7 Å². The van der Waals surface area contributed by atoms with Crippen LogP contribution < -0.4 is 10.6 Å². The van der Waals surface area contributed by atoms with Crippen LogP contribution >= 0.6 is 11.3 Å². The third-order valence-corrected chi connectivity index (χ3v) is 5.54. The van der Waals surface area contributed by atoms with E-state index < -0.39 is 0 Å².